The van der Waals surface area contributed by atoms with Crippen molar-refractivity contribution in [3.8, 4) is 5.88 Å². The lowest BCUT2D eigenvalue weighted by Gasteiger charge is -2.24. The lowest BCUT2D eigenvalue weighted by Crippen LogP contribution is -2.21. The van der Waals surface area contributed by atoms with Crippen LogP contribution < -0.4 is 10.1 Å². The summed E-state index contributed by atoms with van der Waals surface area (Å²) < 4.78 is 5.86. The van der Waals surface area contributed by atoms with Crippen LogP contribution in [0.3, 0.4) is 0 Å². The van der Waals surface area contributed by atoms with E-state index in [2.05, 4.69) is 34.4 Å². The van der Waals surface area contributed by atoms with E-state index >= 15 is 0 Å². The zero-order valence-corrected chi connectivity index (χ0v) is 12.0. The minimum atomic E-state index is 0.586. The number of allylic oxidation sites excluding steroid dienone is 2. The molecule has 0 saturated carbocycles. The first-order valence-electron chi connectivity index (χ1n) is 7.06. The molecule has 1 aliphatic rings. The van der Waals surface area contributed by atoms with Crippen molar-refractivity contribution in [3.63, 3.8) is 0 Å². The van der Waals surface area contributed by atoms with E-state index in [0.29, 0.717) is 23.7 Å². The minimum absolute atomic E-state index is 0.586. The van der Waals surface area contributed by atoms with Crippen molar-refractivity contribution in [2.24, 2.45) is 11.8 Å². The van der Waals surface area contributed by atoms with Crippen molar-refractivity contribution in [1.82, 2.24) is 9.97 Å². The number of rotatable bonds is 5. The van der Waals surface area contributed by atoms with Crippen LogP contribution in [0.25, 0.3) is 0 Å². The van der Waals surface area contributed by atoms with Crippen molar-refractivity contribution in [2.45, 2.75) is 33.6 Å². The quantitative estimate of drug-likeness (QED) is 0.827. The highest BCUT2D eigenvalue weighted by molar-refractivity contribution is 5.30. The van der Waals surface area contributed by atoms with Gasteiger partial charge in [-0.25, -0.2) is 4.98 Å². The molecule has 1 aromatic heterocycles. The highest BCUT2D eigenvalue weighted by Gasteiger charge is 2.19. The highest BCUT2D eigenvalue weighted by atomic mass is 16.5. The van der Waals surface area contributed by atoms with Crippen molar-refractivity contribution in [3.05, 3.63) is 23.9 Å². The smallest absolute Gasteiger partial charge is 0.226 e. The van der Waals surface area contributed by atoms with Crippen LogP contribution in [0, 0.1) is 18.8 Å². The summed E-state index contributed by atoms with van der Waals surface area (Å²) >= 11 is 0. The molecule has 2 unspecified atom stereocenters. The molecule has 1 N–H and O–H groups in total. The van der Waals surface area contributed by atoms with E-state index in [4.69, 9.17) is 4.74 Å². The number of hydrogen-bond acceptors (Lipinski definition) is 4. The van der Waals surface area contributed by atoms with Crippen molar-refractivity contribution >= 4 is 5.95 Å². The van der Waals surface area contributed by atoms with Crippen LogP contribution >= 0.6 is 0 Å². The Hall–Kier alpha value is -1.58. The molecule has 1 aliphatic carbocycles. The molecule has 0 radical (unpaired) electrons. The molecule has 4 heteroatoms. The van der Waals surface area contributed by atoms with Gasteiger partial charge in [0.25, 0.3) is 0 Å². The molecule has 0 amide bonds. The van der Waals surface area contributed by atoms with Crippen molar-refractivity contribution < 1.29 is 4.74 Å². The van der Waals surface area contributed by atoms with Crippen LogP contribution in [0.5, 0.6) is 5.88 Å². The molecule has 0 saturated heterocycles. The monoisotopic (exact) mass is 261 g/mol. The number of aromatic nitrogens is 2. The Morgan fingerprint density at radius 3 is 2.84 bits per heavy atom. The highest BCUT2D eigenvalue weighted by Crippen LogP contribution is 2.25. The topological polar surface area (TPSA) is 47.0 Å². The summed E-state index contributed by atoms with van der Waals surface area (Å²) in [7, 11) is 0. The zero-order valence-electron chi connectivity index (χ0n) is 12.0. The van der Waals surface area contributed by atoms with E-state index in [1.54, 1.807) is 0 Å². The lowest BCUT2D eigenvalue weighted by molar-refractivity contribution is 0.192. The van der Waals surface area contributed by atoms with E-state index in [-0.39, 0.29) is 0 Å². The minimum Gasteiger partial charge on any atom is -0.477 e. The second-order valence-electron chi connectivity index (χ2n) is 5.19. The predicted molar refractivity (Wildman–Crippen MR) is 77.5 cm³/mol. The first-order chi connectivity index (χ1) is 9.19. The van der Waals surface area contributed by atoms with Gasteiger partial charge >= 0.3 is 0 Å². The molecule has 2 rings (SSSR count). The van der Waals surface area contributed by atoms with Gasteiger partial charge < -0.3 is 10.1 Å². The van der Waals surface area contributed by atoms with Crippen molar-refractivity contribution in [2.75, 3.05) is 18.5 Å². The summed E-state index contributed by atoms with van der Waals surface area (Å²) in [5, 5.41) is 3.12. The summed E-state index contributed by atoms with van der Waals surface area (Å²) in [6, 6.07) is 1.89. The number of nitrogens with zero attached hydrogens (tertiary/aromatic N) is 2. The lowest BCUT2D eigenvalue weighted by atomic mass is 9.85. The third kappa shape index (κ3) is 3.94. The van der Waals surface area contributed by atoms with Gasteiger partial charge in [-0.1, -0.05) is 19.1 Å². The van der Waals surface area contributed by atoms with Gasteiger partial charge in [0.2, 0.25) is 11.8 Å². The molecule has 0 fully saturated rings. The van der Waals surface area contributed by atoms with Gasteiger partial charge in [0.05, 0.1) is 6.61 Å². The SMILES string of the molecule is CCNc1nc(C)cc(OCC2CC=CCC2C)n1. The first-order valence-corrected chi connectivity index (χ1v) is 7.06. The van der Waals surface area contributed by atoms with E-state index in [9.17, 15) is 0 Å². The summed E-state index contributed by atoms with van der Waals surface area (Å²) in [6.07, 6.45) is 6.77. The molecule has 19 heavy (non-hydrogen) atoms. The van der Waals surface area contributed by atoms with Gasteiger partial charge in [-0.05, 0) is 38.5 Å². The summed E-state index contributed by atoms with van der Waals surface area (Å²) in [5.41, 5.74) is 0.928. The number of anilines is 1. The van der Waals surface area contributed by atoms with Crippen LogP contribution in [-0.4, -0.2) is 23.1 Å². The van der Waals surface area contributed by atoms with Crippen LogP contribution in [0.4, 0.5) is 5.95 Å². The summed E-state index contributed by atoms with van der Waals surface area (Å²) in [6.45, 7) is 7.82. The molecular formula is C15H23N3O. The summed E-state index contributed by atoms with van der Waals surface area (Å²) in [5.74, 6) is 2.59. The molecule has 0 spiro atoms. The molecule has 1 heterocycles. The van der Waals surface area contributed by atoms with Gasteiger partial charge in [-0.15, -0.1) is 0 Å². The zero-order chi connectivity index (χ0) is 13.7. The molecule has 104 valence electrons. The maximum Gasteiger partial charge on any atom is 0.226 e. The Morgan fingerprint density at radius 1 is 1.32 bits per heavy atom. The van der Waals surface area contributed by atoms with Crippen LogP contribution in [0.15, 0.2) is 18.2 Å². The molecule has 4 nitrogen and oxygen atoms in total. The van der Waals surface area contributed by atoms with Gasteiger partial charge in [0.15, 0.2) is 0 Å². The Kier molecular flexibility index (Phi) is 4.77. The van der Waals surface area contributed by atoms with E-state index < -0.39 is 0 Å². The van der Waals surface area contributed by atoms with Crippen molar-refractivity contribution in [1.29, 1.82) is 0 Å². The van der Waals surface area contributed by atoms with Crippen LogP contribution in [0.1, 0.15) is 32.4 Å². The normalized spacial score (nSPS) is 22.3. The fourth-order valence-electron chi connectivity index (χ4n) is 2.28. The predicted octanol–water partition coefficient (Wildman–Crippen LogP) is 3.20. The molecule has 0 aliphatic heterocycles. The maximum absolute atomic E-state index is 5.86. The Morgan fingerprint density at radius 2 is 2.11 bits per heavy atom. The van der Waals surface area contributed by atoms with Gasteiger partial charge in [0, 0.05) is 18.3 Å². The maximum atomic E-state index is 5.86. The Labute approximate surface area is 115 Å². The second-order valence-corrected chi connectivity index (χ2v) is 5.19. The van der Waals surface area contributed by atoms with Gasteiger partial charge in [-0.2, -0.15) is 4.98 Å². The van der Waals surface area contributed by atoms with Crippen LogP contribution in [0.2, 0.25) is 0 Å². The molecule has 0 aromatic carbocycles. The second kappa shape index (κ2) is 6.55. The van der Waals surface area contributed by atoms with Gasteiger partial charge in [-0.3, -0.25) is 0 Å². The largest absolute Gasteiger partial charge is 0.477 e. The number of nitrogens with one attached hydrogen (secondary N) is 1. The Balaban J connectivity index is 1.96. The van der Waals surface area contributed by atoms with E-state index in [0.717, 1.165) is 31.7 Å². The van der Waals surface area contributed by atoms with E-state index in [1.807, 2.05) is 19.9 Å². The molecular weight excluding hydrogens is 238 g/mol. The number of hydrogen-bond donors (Lipinski definition) is 1. The fourth-order valence-corrected chi connectivity index (χ4v) is 2.28. The summed E-state index contributed by atoms with van der Waals surface area (Å²) in [4.78, 5) is 8.69. The van der Waals surface area contributed by atoms with Crippen LogP contribution in [-0.2, 0) is 0 Å². The third-order valence-corrected chi connectivity index (χ3v) is 3.53. The average Bonchev–Trinajstić information content (AvgIpc) is 2.37. The standard InChI is InChI=1S/C15H23N3O/c1-4-16-15-17-12(3)9-14(18-15)19-10-13-8-6-5-7-11(13)2/h5-6,9,11,13H,4,7-8,10H2,1-3H3,(H,16,17,18). The molecule has 1 aromatic rings. The Bertz CT molecular complexity index is 445. The fraction of sp³-hybridized carbons (Fsp3) is 0.600. The first kappa shape index (κ1) is 13.8. The molecule has 0 bridgehead atoms. The third-order valence-electron chi connectivity index (χ3n) is 3.53. The van der Waals surface area contributed by atoms with Gasteiger partial charge in [0.1, 0.15) is 0 Å². The van der Waals surface area contributed by atoms with E-state index in [1.165, 1.54) is 0 Å². The average molecular weight is 261 g/mol. The number of ether oxygens (including phenoxy) is 1. The molecule has 2 atom stereocenters. The number of aryl methyl sites for hydroxylation is 1.